The van der Waals surface area contributed by atoms with E-state index in [9.17, 15) is 10.0 Å². The van der Waals surface area contributed by atoms with Crippen LogP contribution < -0.4 is 9.71 Å². The van der Waals surface area contributed by atoms with Gasteiger partial charge < -0.3 is 4.90 Å². The maximum atomic E-state index is 12.9. The van der Waals surface area contributed by atoms with Crippen molar-refractivity contribution in [2.75, 3.05) is 13.1 Å². The van der Waals surface area contributed by atoms with Crippen molar-refractivity contribution in [3.63, 3.8) is 0 Å². The molecule has 2 aliphatic rings. The number of H-pyrrole nitrogens is 1. The van der Waals surface area contributed by atoms with Gasteiger partial charge in [-0.05, 0) is 66.5 Å². The Hall–Kier alpha value is -2.92. The van der Waals surface area contributed by atoms with E-state index >= 15 is 0 Å². The topological polar surface area (TPSA) is 58.6 Å². The molecule has 1 aliphatic carbocycles. The van der Waals surface area contributed by atoms with Crippen LogP contribution in [0.2, 0.25) is 5.02 Å². The van der Waals surface area contributed by atoms with Crippen LogP contribution in [0.15, 0.2) is 61.1 Å². The summed E-state index contributed by atoms with van der Waals surface area (Å²) in [6.07, 6.45) is 9.47. The third kappa shape index (κ3) is 4.22. The van der Waals surface area contributed by atoms with Crippen LogP contribution in [0.4, 0.5) is 0 Å². The summed E-state index contributed by atoms with van der Waals surface area (Å²) in [4.78, 5) is 18.4. The first-order valence-electron chi connectivity index (χ1n) is 11.3. The fraction of sp³-hybridized carbons (Fsp3) is 0.346. The highest BCUT2D eigenvalue weighted by Crippen LogP contribution is 2.41. The lowest BCUT2D eigenvalue weighted by atomic mass is 9.76. The van der Waals surface area contributed by atoms with Crippen LogP contribution in [0, 0.1) is 5.92 Å². The van der Waals surface area contributed by atoms with Crippen LogP contribution in [-0.2, 0) is 24.1 Å². The van der Waals surface area contributed by atoms with Crippen LogP contribution in [-0.4, -0.2) is 29.1 Å². The predicted octanol–water partition coefficient (Wildman–Crippen LogP) is 3.39. The van der Waals surface area contributed by atoms with E-state index in [2.05, 4.69) is 29.2 Å². The van der Waals surface area contributed by atoms with Crippen LogP contribution in [0.3, 0.4) is 0 Å². The molecule has 1 aromatic carbocycles. The molecule has 2 N–H and O–H groups in total. The molecule has 0 bridgehead atoms. The summed E-state index contributed by atoms with van der Waals surface area (Å²) in [5.74, 6) is 0.922. The largest absolute Gasteiger partial charge is 0.342 e. The number of aromatic amines is 1. The van der Waals surface area contributed by atoms with E-state index in [-0.39, 0.29) is 5.91 Å². The lowest BCUT2D eigenvalue weighted by Crippen LogP contribution is -2.41. The maximum Gasteiger partial charge on any atom is 0.226 e. The summed E-state index contributed by atoms with van der Waals surface area (Å²) in [6, 6.07) is 14.2. The van der Waals surface area contributed by atoms with Crippen LogP contribution >= 0.6 is 11.6 Å². The molecule has 0 saturated carbocycles. The molecule has 3 heterocycles. The molecule has 32 heavy (non-hydrogen) atoms. The van der Waals surface area contributed by atoms with Crippen molar-refractivity contribution in [1.82, 2.24) is 4.90 Å². The number of carbonyl (C=O) groups is 1. The van der Waals surface area contributed by atoms with Gasteiger partial charge in [-0.3, -0.25) is 10.0 Å². The Morgan fingerprint density at radius 1 is 1.09 bits per heavy atom. The Morgan fingerprint density at radius 3 is 2.62 bits per heavy atom. The number of amides is 1. The van der Waals surface area contributed by atoms with Crippen molar-refractivity contribution in [3.8, 4) is 0 Å². The number of rotatable bonds is 3. The first kappa shape index (κ1) is 21.0. The second kappa shape index (κ2) is 8.91. The normalized spacial score (nSPS) is 18.5. The number of hydrogen-bond acceptors (Lipinski definition) is 2. The molecule has 5 nitrogen and oxygen atoms in total. The number of hydrogen-bond donors (Lipinski definition) is 1. The van der Waals surface area contributed by atoms with Gasteiger partial charge in [-0.25, -0.2) is 4.98 Å². The summed E-state index contributed by atoms with van der Waals surface area (Å²) < 4.78 is 0.992. The van der Waals surface area contributed by atoms with E-state index in [1.807, 2.05) is 17.2 Å². The maximum absolute atomic E-state index is 12.9. The molecule has 3 aromatic rings. The lowest BCUT2D eigenvalue weighted by Gasteiger charge is -2.35. The van der Waals surface area contributed by atoms with E-state index in [0.717, 1.165) is 54.1 Å². The second-order valence-electron chi connectivity index (χ2n) is 8.91. The zero-order chi connectivity index (χ0) is 22.1. The molecule has 1 saturated heterocycles. The number of fused-ring (bicyclic) bond motifs is 2. The quantitative estimate of drug-likeness (QED) is 0.492. The fourth-order valence-corrected chi connectivity index (χ4v) is 5.53. The Bertz CT molecular complexity index is 1120. The third-order valence-corrected chi connectivity index (χ3v) is 7.23. The predicted molar refractivity (Wildman–Crippen MR) is 121 cm³/mol. The molecule has 164 valence electrons. The molecule has 6 heteroatoms. The lowest BCUT2D eigenvalue weighted by molar-refractivity contribution is -0.904. The van der Waals surface area contributed by atoms with Gasteiger partial charge in [-0.1, -0.05) is 17.7 Å². The number of nitrogens with zero attached hydrogens (tertiary/aromatic N) is 2. The minimum atomic E-state index is 0.152. The Morgan fingerprint density at radius 2 is 1.84 bits per heavy atom. The van der Waals surface area contributed by atoms with Gasteiger partial charge in [0.2, 0.25) is 18.3 Å². The minimum absolute atomic E-state index is 0.152. The highest BCUT2D eigenvalue weighted by Gasteiger charge is 2.37. The van der Waals surface area contributed by atoms with Crippen molar-refractivity contribution in [1.29, 1.82) is 0 Å². The van der Waals surface area contributed by atoms with Crippen LogP contribution in [0.1, 0.15) is 46.7 Å². The fourth-order valence-electron chi connectivity index (χ4n) is 5.34. The molecule has 0 radical (unpaired) electrons. The number of carbonyl (C=O) groups excluding carboxylic acids is 1. The number of likely N-dealkylation sites (tertiary alicyclic amines) is 1. The molecule has 2 aromatic heterocycles. The number of aryl methyl sites for hydroxylation is 2. The van der Waals surface area contributed by atoms with E-state index in [0.29, 0.717) is 18.3 Å². The number of piperidine rings is 1. The standard InChI is InChI=1S/C26H27ClN3O2/c27-22-5-6-23-21(17-22)4-3-20-2-1-11-28-26(20)25(23)19-9-12-29(13-10-19)24(31)16-18-7-14-30(32)15-8-18/h1-2,5-8,11,14-15,17,19,25,32H,3-4,9-10,12-13,16H2/q+1/p+1. The number of nitrogens with one attached hydrogen (secondary N) is 1. The van der Waals surface area contributed by atoms with Crippen LogP contribution in [0.5, 0.6) is 0 Å². The van der Waals surface area contributed by atoms with Crippen molar-refractivity contribution in [2.45, 2.75) is 38.0 Å². The monoisotopic (exact) mass is 449 g/mol. The van der Waals surface area contributed by atoms with Gasteiger partial charge >= 0.3 is 0 Å². The first-order chi connectivity index (χ1) is 15.6. The SMILES string of the molecule is O=C(Cc1cc[n+](O)cc1)N1CCC(C2c3ccc(Cl)cc3CCc3ccc[nH+]c32)CC1. The summed E-state index contributed by atoms with van der Waals surface area (Å²) in [6.45, 7) is 1.55. The van der Waals surface area contributed by atoms with Crippen molar-refractivity contribution >= 4 is 17.5 Å². The Kier molecular flexibility index (Phi) is 5.83. The Balaban J connectivity index is 1.35. The van der Waals surface area contributed by atoms with Gasteiger partial charge in [0.1, 0.15) is 0 Å². The average molecular weight is 450 g/mol. The number of pyridine rings is 2. The molecule has 1 amide bonds. The van der Waals surface area contributed by atoms with Crippen molar-refractivity contribution in [2.24, 2.45) is 5.92 Å². The van der Waals surface area contributed by atoms with E-state index in [1.165, 1.54) is 22.4 Å². The molecular formula is C26H28ClN3O2+2. The van der Waals surface area contributed by atoms with Crippen LogP contribution in [0.25, 0.3) is 0 Å². The van der Waals surface area contributed by atoms with Crippen molar-refractivity contribution in [3.05, 3.63) is 94.0 Å². The third-order valence-electron chi connectivity index (χ3n) is 6.99. The van der Waals surface area contributed by atoms with Gasteiger partial charge in [-0.2, -0.15) is 0 Å². The average Bonchev–Trinajstić information content (AvgIpc) is 2.97. The van der Waals surface area contributed by atoms with Crippen molar-refractivity contribution < 1.29 is 19.7 Å². The van der Waals surface area contributed by atoms with E-state index in [4.69, 9.17) is 11.6 Å². The highest BCUT2D eigenvalue weighted by atomic mass is 35.5. The molecule has 1 aliphatic heterocycles. The zero-order valence-corrected chi connectivity index (χ0v) is 18.8. The van der Waals surface area contributed by atoms with E-state index in [1.54, 1.807) is 24.5 Å². The van der Waals surface area contributed by atoms with E-state index < -0.39 is 0 Å². The van der Waals surface area contributed by atoms with Gasteiger partial charge in [-0.15, -0.1) is 0 Å². The number of benzene rings is 1. The van der Waals surface area contributed by atoms with Gasteiger partial charge in [0.05, 0.1) is 12.3 Å². The minimum Gasteiger partial charge on any atom is -0.342 e. The first-order valence-corrected chi connectivity index (χ1v) is 11.7. The number of aromatic nitrogens is 2. The smallest absolute Gasteiger partial charge is 0.226 e. The van der Waals surface area contributed by atoms with Gasteiger partial charge in [0.15, 0.2) is 11.9 Å². The van der Waals surface area contributed by atoms with Gasteiger partial charge in [0.25, 0.3) is 0 Å². The number of halogens is 1. The molecule has 1 atom stereocenters. The molecule has 5 rings (SSSR count). The Labute approximate surface area is 193 Å². The van der Waals surface area contributed by atoms with Gasteiger partial charge in [0, 0.05) is 46.6 Å². The zero-order valence-electron chi connectivity index (χ0n) is 18.0. The molecule has 1 fully saturated rings. The summed E-state index contributed by atoms with van der Waals surface area (Å²) >= 11 is 6.34. The molecule has 0 spiro atoms. The summed E-state index contributed by atoms with van der Waals surface area (Å²) in [5.41, 5.74) is 6.34. The molecule has 1 unspecified atom stereocenters. The summed E-state index contributed by atoms with van der Waals surface area (Å²) in [7, 11) is 0. The molecular weight excluding hydrogens is 422 g/mol. The second-order valence-corrected chi connectivity index (χ2v) is 9.35. The highest BCUT2D eigenvalue weighted by molar-refractivity contribution is 6.30. The summed E-state index contributed by atoms with van der Waals surface area (Å²) in [5, 5.41) is 10.2.